The fraction of sp³-hybridized carbons (Fsp3) is 0.321. The van der Waals surface area contributed by atoms with E-state index in [0.29, 0.717) is 17.9 Å². The van der Waals surface area contributed by atoms with Crippen molar-refractivity contribution in [3.05, 3.63) is 88.0 Å². The largest absolute Gasteiger partial charge is 0.584 e. The first kappa shape index (κ1) is 26.5. The highest BCUT2D eigenvalue weighted by atomic mass is 31.2. The summed E-state index contributed by atoms with van der Waals surface area (Å²) in [6.07, 6.45) is 0.316. The first-order chi connectivity index (χ1) is 16.3. The molecule has 7 heteroatoms. The topological polar surface area (TPSA) is 82.1 Å². The summed E-state index contributed by atoms with van der Waals surface area (Å²) in [6, 6.07) is 16.4. The van der Waals surface area contributed by atoms with E-state index in [9.17, 15) is 14.3 Å². The summed E-state index contributed by atoms with van der Waals surface area (Å²) >= 11 is 0. The van der Waals surface area contributed by atoms with Crippen LogP contribution in [0.5, 0.6) is 17.2 Å². The number of rotatable bonds is 8. The molecule has 3 aromatic rings. The lowest BCUT2D eigenvalue weighted by molar-refractivity contribution is -0.134. The molecule has 0 aliphatic carbocycles. The van der Waals surface area contributed by atoms with Crippen LogP contribution in [0.2, 0.25) is 0 Å². The number of aryl methyl sites for hydroxylation is 4. The molecule has 3 rings (SSSR count). The van der Waals surface area contributed by atoms with Gasteiger partial charge in [0.05, 0.1) is 0 Å². The van der Waals surface area contributed by atoms with Crippen LogP contribution in [0, 0.1) is 27.7 Å². The van der Waals surface area contributed by atoms with Gasteiger partial charge in [0.2, 0.25) is 0 Å². The molecule has 6 nitrogen and oxygen atoms in total. The molecule has 0 aliphatic rings. The summed E-state index contributed by atoms with van der Waals surface area (Å²) in [5.74, 6) is 0.915. The molecule has 0 aliphatic heterocycles. The minimum absolute atomic E-state index is 0.255. The van der Waals surface area contributed by atoms with Gasteiger partial charge in [0.15, 0.2) is 0 Å². The summed E-state index contributed by atoms with van der Waals surface area (Å²) in [7, 11) is -4.38. The Bertz CT molecular complexity index is 1230. The van der Waals surface area contributed by atoms with Crippen molar-refractivity contribution in [1.82, 2.24) is 0 Å². The monoisotopic (exact) mass is 496 g/mol. The molecule has 35 heavy (non-hydrogen) atoms. The molecule has 0 amide bonds. The average molecular weight is 497 g/mol. The van der Waals surface area contributed by atoms with Gasteiger partial charge in [-0.15, -0.1) is 0 Å². The molecular formula is C28H33O6P. The number of hydrogen-bond acceptors (Lipinski definition) is 5. The number of phosphoric acid groups is 1. The summed E-state index contributed by atoms with van der Waals surface area (Å²) in [4.78, 5) is 22.1. The summed E-state index contributed by atoms with van der Waals surface area (Å²) in [6.45, 7) is 13.5. The van der Waals surface area contributed by atoms with Gasteiger partial charge in [-0.3, -0.25) is 9.69 Å². The van der Waals surface area contributed by atoms with Crippen LogP contribution in [-0.2, 0) is 14.8 Å². The van der Waals surface area contributed by atoms with Gasteiger partial charge in [0, 0.05) is 11.8 Å². The molecule has 0 aromatic heterocycles. The van der Waals surface area contributed by atoms with Crippen molar-refractivity contribution in [1.29, 1.82) is 0 Å². The van der Waals surface area contributed by atoms with Crippen molar-refractivity contribution < 1.29 is 28.0 Å². The molecule has 0 spiro atoms. The van der Waals surface area contributed by atoms with E-state index >= 15 is 0 Å². The van der Waals surface area contributed by atoms with Gasteiger partial charge in [0.25, 0.3) is 0 Å². The zero-order valence-electron chi connectivity index (χ0n) is 21.3. The second-order valence-corrected chi connectivity index (χ2v) is 10.6. The van der Waals surface area contributed by atoms with Gasteiger partial charge in [0.1, 0.15) is 17.2 Å². The van der Waals surface area contributed by atoms with E-state index in [1.54, 1.807) is 37.3 Å². The fourth-order valence-electron chi connectivity index (χ4n) is 4.03. The Morgan fingerprint density at radius 3 is 1.74 bits per heavy atom. The number of phosphoric ester groups is 1. The Kier molecular flexibility index (Phi) is 7.78. The van der Waals surface area contributed by atoms with Crippen molar-refractivity contribution in [3.63, 3.8) is 0 Å². The third kappa shape index (κ3) is 6.14. The van der Waals surface area contributed by atoms with Gasteiger partial charge in [-0.1, -0.05) is 63.2 Å². The zero-order valence-corrected chi connectivity index (χ0v) is 22.2. The van der Waals surface area contributed by atoms with Crippen molar-refractivity contribution >= 4 is 13.8 Å². The predicted octanol–water partition coefficient (Wildman–Crippen LogP) is 7.12. The van der Waals surface area contributed by atoms with Crippen LogP contribution in [0.3, 0.4) is 0 Å². The van der Waals surface area contributed by atoms with Gasteiger partial charge >= 0.3 is 13.8 Å². The van der Waals surface area contributed by atoms with Crippen LogP contribution >= 0.6 is 7.82 Å². The molecule has 1 atom stereocenters. The Balaban J connectivity index is 1.92. The van der Waals surface area contributed by atoms with E-state index in [2.05, 4.69) is 13.8 Å². The third-order valence-corrected chi connectivity index (χ3v) is 6.89. The molecule has 1 unspecified atom stereocenters. The molecule has 0 heterocycles. The Hall–Kier alpha value is -3.08. The van der Waals surface area contributed by atoms with E-state index in [-0.39, 0.29) is 17.1 Å². The first-order valence-corrected chi connectivity index (χ1v) is 13.0. The minimum Gasteiger partial charge on any atom is -0.426 e. The van der Waals surface area contributed by atoms with E-state index in [4.69, 9.17) is 13.8 Å². The van der Waals surface area contributed by atoms with Gasteiger partial charge in [-0.25, -0.2) is 4.57 Å². The smallest absolute Gasteiger partial charge is 0.426 e. The SMILES string of the molecule is CCC(=O)Oc1c(C)cc(C(C)(C)c2cc(C)c(OP(=O)(O)Oc3ccccc3)c(C)c2)cc1C. The maximum atomic E-state index is 12.6. The van der Waals surface area contributed by atoms with Gasteiger partial charge in [-0.2, -0.15) is 0 Å². The lowest BCUT2D eigenvalue weighted by atomic mass is 9.76. The number of carbonyl (C=O) groups is 1. The number of esters is 1. The van der Waals surface area contributed by atoms with Crippen molar-refractivity contribution in [2.75, 3.05) is 0 Å². The van der Waals surface area contributed by atoms with Gasteiger partial charge in [-0.05, 0) is 73.2 Å². The molecule has 1 N–H and O–H groups in total. The summed E-state index contributed by atoms with van der Waals surface area (Å²) < 4.78 is 28.9. The Labute approximate surface area is 207 Å². The van der Waals surface area contributed by atoms with Crippen LogP contribution in [0.25, 0.3) is 0 Å². The molecule has 0 saturated heterocycles. The zero-order chi connectivity index (χ0) is 26.0. The number of benzene rings is 3. The van der Waals surface area contributed by atoms with E-state index in [1.165, 1.54) is 0 Å². The van der Waals surface area contributed by atoms with Crippen LogP contribution in [-0.4, -0.2) is 10.9 Å². The maximum Gasteiger partial charge on any atom is 0.584 e. The minimum atomic E-state index is -4.38. The van der Waals surface area contributed by atoms with Crippen LogP contribution in [0.4, 0.5) is 0 Å². The van der Waals surface area contributed by atoms with E-state index in [1.807, 2.05) is 52.0 Å². The molecule has 0 radical (unpaired) electrons. The second-order valence-electron chi connectivity index (χ2n) is 9.30. The number of carbonyl (C=O) groups excluding carboxylic acids is 1. The number of para-hydroxylation sites is 1. The van der Waals surface area contributed by atoms with Crippen LogP contribution in [0.1, 0.15) is 60.6 Å². The molecule has 186 valence electrons. The predicted molar refractivity (Wildman–Crippen MR) is 137 cm³/mol. The second kappa shape index (κ2) is 10.3. The Morgan fingerprint density at radius 1 is 0.829 bits per heavy atom. The third-order valence-electron chi connectivity index (χ3n) is 6.04. The highest BCUT2D eigenvalue weighted by molar-refractivity contribution is 7.48. The van der Waals surface area contributed by atoms with E-state index < -0.39 is 7.82 Å². The number of ether oxygens (including phenoxy) is 1. The summed E-state index contributed by atoms with van der Waals surface area (Å²) in [5.41, 5.74) is 4.93. The quantitative estimate of drug-likeness (QED) is 0.203. The fourth-order valence-corrected chi connectivity index (χ4v) is 4.97. The normalized spacial score (nSPS) is 13.1. The van der Waals surface area contributed by atoms with Crippen LogP contribution in [0.15, 0.2) is 54.6 Å². The Morgan fingerprint density at radius 2 is 1.29 bits per heavy atom. The summed E-state index contributed by atoms with van der Waals surface area (Å²) in [5, 5.41) is 0. The van der Waals surface area contributed by atoms with Crippen molar-refractivity contribution in [3.8, 4) is 17.2 Å². The van der Waals surface area contributed by atoms with Gasteiger partial charge < -0.3 is 13.8 Å². The molecule has 0 saturated carbocycles. The highest BCUT2D eigenvalue weighted by Gasteiger charge is 2.30. The highest BCUT2D eigenvalue weighted by Crippen LogP contribution is 2.47. The lowest BCUT2D eigenvalue weighted by Crippen LogP contribution is -2.20. The molecule has 0 bridgehead atoms. The maximum absolute atomic E-state index is 12.6. The number of hydrogen-bond donors (Lipinski definition) is 1. The lowest BCUT2D eigenvalue weighted by Gasteiger charge is -2.29. The standard InChI is InChI=1S/C28H33O6P/c1-8-25(29)32-26-18(2)14-22(15-19(26)3)28(6,7)23-16-20(4)27(21(5)17-23)34-35(30,31)33-24-12-10-9-11-13-24/h9-17H,8H2,1-7H3,(H,30,31). The van der Waals surface area contributed by atoms with Crippen LogP contribution < -0.4 is 13.8 Å². The molecular weight excluding hydrogens is 463 g/mol. The van der Waals surface area contributed by atoms with Crippen molar-refractivity contribution in [2.45, 2.75) is 60.3 Å². The van der Waals surface area contributed by atoms with Crippen molar-refractivity contribution in [2.24, 2.45) is 0 Å². The molecule has 0 fully saturated rings. The average Bonchev–Trinajstić information content (AvgIpc) is 2.78. The first-order valence-electron chi connectivity index (χ1n) is 11.5. The van der Waals surface area contributed by atoms with E-state index in [0.717, 1.165) is 33.4 Å². The molecule has 3 aromatic carbocycles.